The SMILES string of the molecule is CNC(=O)C1CCCC2(CCN(c3cc(Nc4ncccc4C)nc(-c4cccnc4)n3)C2)C1. The second-order valence-electron chi connectivity index (χ2n) is 9.55. The van der Waals surface area contributed by atoms with Crippen molar-refractivity contribution in [3.05, 3.63) is 54.5 Å². The van der Waals surface area contributed by atoms with Crippen LogP contribution in [0.4, 0.5) is 17.5 Å². The van der Waals surface area contributed by atoms with E-state index >= 15 is 0 Å². The number of nitrogens with one attached hydrogen (secondary N) is 2. The molecule has 176 valence electrons. The van der Waals surface area contributed by atoms with E-state index in [1.54, 1.807) is 25.6 Å². The van der Waals surface area contributed by atoms with Gasteiger partial charge in [-0.1, -0.05) is 12.5 Å². The zero-order valence-corrected chi connectivity index (χ0v) is 19.8. The Morgan fingerprint density at radius 3 is 2.85 bits per heavy atom. The van der Waals surface area contributed by atoms with E-state index in [1.807, 2.05) is 37.3 Å². The predicted molar refractivity (Wildman–Crippen MR) is 133 cm³/mol. The van der Waals surface area contributed by atoms with Gasteiger partial charge in [0.05, 0.1) is 0 Å². The second kappa shape index (κ2) is 9.37. The molecular weight excluding hydrogens is 426 g/mol. The van der Waals surface area contributed by atoms with Crippen molar-refractivity contribution in [2.45, 2.75) is 39.0 Å². The molecule has 2 unspecified atom stereocenters. The number of carbonyl (C=O) groups is 1. The van der Waals surface area contributed by atoms with Gasteiger partial charge in [0.15, 0.2) is 5.82 Å². The summed E-state index contributed by atoms with van der Waals surface area (Å²) in [6.07, 6.45) is 10.6. The molecule has 2 atom stereocenters. The highest BCUT2D eigenvalue weighted by atomic mass is 16.1. The van der Waals surface area contributed by atoms with Gasteiger partial charge in [0.2, 0.25) is 5.91 Å². The summed E-state index contributed by atoms with van der Waals surface area (Å²) < 4.78 is 0. The van der Waals surface area contributed by atoms with Crippen LogP contribution in [0, 0.1) is 18.3 Å². The van der Waals surface area contributed by atoms with Gasteiger partial charge in [-0.15, -0.1) is 0 Å². The molecule has 0 radical (unpaired) electrons. The van der Waals surface area contributed by atoms with Crippen LogP contribution in [0.5, 0.6) is 0 Å². The molecule has 1 aliphatic carbocycles. The number of hydrogen-bond donors (Lipinski definition) is 2. The number of hydrogen-bond acceptors (Lipinski definition) is 7. The maximum atomic E-state index is 12.3. The molecule has 1 saturated heterocycles. The third kappa shape index (κ3) is 4.58. The summed E-state index contributed by atoms with van der Waals surface area (Å²) >= 11 is 0. The maximum absolute atomic E-state index is 12.3. The third-order valence-corrected chi connectivity index (χ3v) is 7.21. The van der Waals surface area contributed by atoms with Crippen molar-refractivity contribution in [1.82, 2.24) is 25.3 Å². The minimum absolute atomic E-state index is 0.111. The molecule has 4 heterocycles. The maximum Gasteiger partial charge on any atom is 0.222 e. The number of aryl methyl sites for hydroxylation is 1. The van der Waals surface area contributed by atoms with Crippen molar-refractivity contribution in [2.24, 2.45) is 11.3 Å². The van der Waals surface area contributed by atoms with Gasteiger partial charge in [-0.3, -0.25) is 9.78 Å². The smallest absolute Gasteiger partial charge is 0.222 e. The van der Waals surface area contributed by atoms with Crippen LogP contribution < -0.4 is 15.5 Å². The van der Waals surface area contributed by atoms with Crippen molar-refractivity contribution >= 4 is 23.4 Å². The average Bonchev–Trinajstić information content (AvgIpc) is 3.28. The first-order valence-electron chi connectivity index (χ1n) is 12.0. The van der Waals surface area contributed by atoms with Gasteiger partial charge in [-0.2, -0.15) is 0 Å². The molecular formula is C26H31N7O. The van der Waals surface area contributed by atoms with E-state index in [2.05, 4.69) is 25.5 Å². The van der Waals surface area contributed by atoms with Crippen LogP contribution in [0.3, 0.4) is 0 Å². The first kappa shape index (κ1) is 22.3. The zero-order chi connectivity index (χ0) is 23.5. The van der Waals surface area contributed by atoms with Gasteiger partial charge >= 0.3 is 0 Å². The summed E-state index contributed by atoms with van der Waals surface area (Å²) in [6, 6.07) is 9.82. The van der Waals surface area contributed by atoms with E-state index in [1.165, 1.54) is 0 Å². The standard InChI is InChI=1S/C26H31N7O/c1-18-6-4-12-29-23(18)30-21-14-22(32-24(31-21)20-8-5-11-28-16-20)33-13-10-26(17-33)9-3-7-19(15-26)25(34)27-2/h4-6,8,11-12,14,16,19H,3,7,9-10,13,15,17H2,1-2H3,(H,27,34)(H,29,30,31,32). The molecule has 2 N–H and O–H groups in total. The average molecular weight is 458 g/mol. The van der Waals surface area contributed by atoms with Gasteiger partial charge in [-0.25, -0.2) is 15.0 Å². The lowest BCUT2D eigenvalue weighted by atomic mass is 9.69. The van der Waals surface area contributed by atoms with Crippen molar-refractivity contribution in [3.63, 3.8) is 0 Å². The Hall–Kier alpha value is -3.55. The summed E-state index contributed by atoms with van der Waals surface area (Å²) in [7, 11) is 1.74. The summed E-state index contributed by atoms with van der Waals surface area (Å²) in [6.45, 7) is 3.85. The summed E-state index contributed by atoms with van der Waals surface area (Å²) in [5.41, 5.74) is 2.09. The Morgan fingerprint density at radius 1 is 1.18 bits per heavy atom. The minimum atomic E-state index is 0.111. The van der Waals surface area contributed by atoms with E-state index in [0.717, 1.165) is 68.0 Å². The fourth-order valence-corrected chi connectivity index (χ4v) is 5.40. The second-order valence-corrected chi connectivity index (χ2v) is 9.55. The predicted octanol–water partition coefficient (Wildman–Crippen LogP) is 4.12. The van der Waals surface area contributed by atoms with E-state index in [9.17, 15) is 4.79 Å². The number of amides is 1. The minimum Gasteiger partial charge on any atom is -0.359 e. The van der Waals surface area contributed by atoms with Crippen LogP contribution >= 0.6 is 0 Å². The highest BCUT2D eigenvalue weighted by molar-refractivity contribution is 5.78. The molecule has 3 aromatic rings. The highest BCUT2D eigenvalue weighted by Gasteiger charge is 2.43. The van der Waals surface area contributed by atoms with Crippen LogP contribution in [0.2, 0.25) is 0 Å². The molecule has 8 heteroatoms. The Kier molecular flexibility index (Phi) is 6.13. The number of carbonyl (C=O) groups excluding carboxylic acids is 1. The van der Waals surface area contributed by atoms with Crippen LogP contribution in [-0.4, -0.2) is 46.0 Å². The van der Waals surface area contributed by atoms with Crippen molar-refractivity contribution in [3.8, 4) is 11.4 Å². The number of anilines is 3. The molecule has 2 aliphatic rings. The summed E-state index contributed by atoms with van der Waals surface area (Å²) in [5, 5.41) is 6.24. The Bertz CT molecular complexity index is 1170. The zero-order valence-electron chi connectivity index (χ0n) is 19.8. The van der Waals surface area contributed by atoms with E-state index in [-0.39, 0.29) is 17.2 Å². The fourth-order valence-electron chi connectivity index (χ4n) is 5.40. The molecule has 1 saturated carbocycles. The molecule has 0 bridgehead atoms. The van der Waals surface area contributed by atoms with Crippen LogP contribution in [0.25, 0.3) is 11.4 Å². The molecule has 3 aromatic heterocycles. The topological polar surface area (TPSA) is 95.9 Å². The lowest BCUT2D eigenvalue weighted by Gasteiger charge is -2.37. The first-order chi connectivity index (χ1) is 16.5. The van der Waals surface area contributed by atoms with Gasteiger partial charge in [0, 0.05) is 56.3 Å². The lowest BCUT2D eigenvalue weighted by Crippen LogP contribution is -2.38. The molecule has 1 amide bonds. The normalized spacial score (nSPS) is 22.1. The van der Waals surface area contributed by atoms with E-state index in [0.29, 0.717) is 11.6 Å². The van der Waals surface area contributed by atoms with E-state index < -0.39 is 0 Å². The Morgan fingerprint density at radius 2 is 2.06 bits per heavy atom. The Labute approximate surface area is 200 Å². The molecule has 5 rings (SSSR count). The van der Waals surface area contributed by atoms with Crippen LogP contribution in [0.1, 0.15) is 37.7 Å². The largest absolute Gasteiger partial charge is 0.359 e. The summed E-state index contributed by atoms with van der Waals surface area (Å²) in [5.74, 6) is 3.30. The van der Waals surface area contributed by atoms with Gasteiger partial charge in [0.1, 0.15) is 17.5 Å². The van der Waals surface area contributed by atoms with E-state index in [4.69, 9.17) is 9.97 Å². The number of nitrogens with zero attached hydrogens (tertiary/aromatic N) is 5. The molecule has 8 nitrogen and oxygen atoms in total. The van der Waals surface area contributed by atoms with Crippen molar-refractivity contribution < 1.29 is 4.79 Å². The molecule has 0 aromatic carbocycles. The highest BCUT2D eigenvalue weighted by Crippen LogP contribution is 2.47. The number of pyridine rings is 2. The summed E-state index contributed by atoms with van der Waals surface area (Å²) in [4.78, 5) is 33.1. The third-order valence-electron chi connectivity index (χ3n) is 7.21. The molecule has 2 fully saturated rings. The molecule has 1 aliphatic heterocycles. The molecule has 34 heavy (non-hydrogen) atoms. The van der Waals surface area contributed by atoms with Gasteiger partial charge < -0.3 is 15.5 Å². The van der Waals surface area contributed by atoms with Crippen LogP contribution in [0.15, 0.2) is 48.9 Å². The van der Waals surface area contributed by atoms with Crippen molar-refractivity contribution in [1.29, 1.82) is 0 Å². The van der Waals surface area contributed by atoms with Gasteiger partial charge in [-0.05, 0) is 61.8 Å². The molecule has 1 spiro atoms. The van der Waals surface area contributed by atoms with Gasteiger partial charge in [0.25, 0.3) is 0 Å². The Balaban J connectivity index is 1.45. The fraction of sp³-hybridized carbons (Fsp3) is 0.423. The monoisotopic (exact) mass is 457 g/mol. The van der Waals surface area contributed by atoms with Crippen LogP contribution in [-0.2, 0) is 4.79 Å². The first-order valence-corrected chi connectivity index (χ1v) is 12.0. The lowest BCUT2D eigenvalue weighted by molar-refractivity contribution is -0.126. The number of rotatable bonds is 5. The quantitative estimate of drug-likeness (QED) is 0.595. The number of aromatic nitrogens is 4. The van der Waals surface area contributed by atoms with Crippen molar-refractivity contribution in [2.75, 3.05) is 30.4 Å².